The average molecular weight is 337 g/mol. The molecule has 0 bridgehead atoms. The number of hydrogen-bond donors (Lipinski definition) is 1. The van der Waals surface area contributed by atoms with Gasteiger partial charge in [0.25, 0.3) is 0 Å². The molecule has 126 valence electrons. The molecule has 2 aromatic rings. The normalized spacial score (nSPS) is 11.7. The van der Waals surface area contributed by atoms with Gasteiger partial charge in [0, 0.05) is 26.4 Å². The van der Waals surface area contributed by atoms with Crippen LogP contribution >= 0.6 is 0 Å². The summed E-state index contributed by atoms with van der Waals surface area (Å²) < 4.78 is 26.3. The van der Waals surface area contributed by atoms with Crippen LogP contribution in [0.2, 0.25) is 25.7 Å². The van der Waals surface area contributed by atoms with Crippen LogP contribution in [0.25, 0.3) is 11.1 Å². The lowest BCUT2D eigenvalue weighted by atomic mass is 10.1. The van der Waals surface area contributed by atoms with Gasteiger partial charge in [0.1, 0.15) is 18.2 Å². The number of nitrogens with two attached hydrogens (primary N) is 1. The van der Waals surface area contributed by atoms with Crippen LogP contribution in [-0.4, -0.2) is 31.6 Å². The summed E-state index contributed by atoms with van der Waals surface area (Å²) in [5, 5.41) is 4.24. The molecule has 0 saturated heterocycles. The molecule has 1 heterocycles. The minimum absolute atomic E-state index is 0.0123. The number of rotatable bonds is 7. The maximum atomic E-state index is 13.8. The third-order valence-electron chi connectivity index (χ3n) is 3.50. The van der Waals surface area contributed by atoms with Crippen molar-refractivity contribution in [1.82, 2.24) is 9.78 Å². The van der Waals surface area contributed by atoms with Gasteiger partial charge in [0.15, 0.2) is 5.82 Å². The third-order valence-corrected chi connectivity index (χ3v) is 5.20. The van der Waals surface area contributed by atoms with Gasteiger partial charge in [-0.15, -0.1) is 0 Å². The molecular weight excluding hydrogens is 313 g/mol. The fourth-order valence-corrected chi connectivity index (χ4v) is 2.80. The van der Waals surface area contributed by atoms with E-state index in [2.05, 4.69) is 24.7 Å². The Hall–Kier alpha value is -1.86. The quantitative estimate of drug-likeness (QED) is 0.476. The molecule has 0 atom stereocenters. The van der Waals surface area contributed by atoms with Crippen LogP contribution in [0.15, 0.2) is 24.5 Å². The van der Waals surface area contributed by atoms with Gasteiger partial charge in [-0.05, 0) is 23.7 Å². The van der Waals surface area contributed by atoms with Crippen molar-refractivity contribution in [1.29, 1.82) is 0 Å². The molecule has 0 saturated carbocycles. The van der Waals surface area contributed by atoms with Crippen molar-refractivity contribution in [2.75, 3.05) is 19.5 Å². The first-order valence-corrected chi connectivity index (χ1v) is 11.2. The summed E-state index contributed by atoms with van der Waals surface area (Å²) in [5.41, 5.74) is 7.09. The molecule has 23 heavy (non-hydrogen) atoms. The van der Waals surface area contributed by atoms with Crippen molar-refractivity contribution in [2.45, 2.75) is 32.4 Å². The highest BCUT2D eigenvalue weighted by molar-refractivity contribution is 6.76. The van der Waals surface area contributed by atoms with Crippen molar-refractivity contribution in [3.8, 4) is 16.9 Å². The second-order valence-electron chi connectivity index (χ2n) is 6.69. The van der Waals surface area contributed by atoms with Crippen LogP contribution in [0, 0.1) is 5.82 Å². The van der Waals surface area contributed by atoms with Gasteiger partial charge in [0.2, 0.25) is 0 Å². The van der Waals surface area contributed by atoms with E-state index in [0.717, 1.165) is 18.2 Å². The van der Waals surface area contributed by atoms with E-state index in [4.69, 9.17) is 15.2 Å². The van der Waals surface area contributed by atoms with Crippen LogP contribution < -0.4 is 10.5 Å². The average Bonchev–Trinajstić information content (AvgIpc) is 2.94. The van der Waals surface area contributed by atoms with Gasteiger partial charge in [-0.1, -0.05) is 19.6 Å². The summed E-state index contributed by atoms with van der Waals surface area (Å²) in [7, 11) is 0.376. The number of nitrogen functional groups attached to an aromatic ring is 1. The Morgan fingerprint density at radius 2 is 2.00 bits per heavy atom. The Morgan fingerprint density at radius 1 is 1.26 bits per heavy atom. The smallest absolute Gasteiger partial charge is 0.150 e. The van der Waals surface area contributed by atoms with Gasteiger partial charge >= 0.3 is 0 Å². The molecule has 5 nitrogen and oxygen atoms in total. The standard InChI is InChI=1S/C16H24FN3O2Si/c1-21-15-8-12(7-14(17)16(15)18)13-9-19-20(10-13)11-22-5-6-23(2,3)4/h7-10H,5-6,11,18H2,1-4H3. The number of nitrogens with zero attached hydrogens (tertiary/aromatic N) is 2. The Bertz CT molecular complexity index is 668. The highest BCUT2D eigenvalue weighted by Gasteiger charge is 2.13. The lowest BCUT2D eigenvalue weighted by Crippen LogP contribution is -2.22. The van der Waals surface area contributed by atoms with Gasteiger partial charge in [-0.2, -0.15) is 5.10 Å². The van der Waals surface area contributed by atoms with Crippen molar-refractivity contribution in [3.05, 3.63) is 30.3 Å². The zero-order valence-corrected chi connectivity index (χ0v) is 15.1. The predicted octanol–water partition coefficient (Wildman–Crippen LogP) is 3.59. The topological polar surface area (TPSA) is 62.3 Å². The summed E-state index contributed by atoms with van der Waals surface area (Å²) >= 11 is 0. The predicted molar refractivity (Wildman–Crippen MR) is 92.7 cm³/mol. The minimum Gasteiger partial charge on any atom is -0.494 e. The van der Waals surface area contributed by atoms with E-state index < -0.39 is 13.9 Å². The Balaban J connectivity index is 2.03. The SMILES string of the molecule is COc1cc(-c2cnn(COCC[Si](C)(C)C)c2)cc(F)c1N. The molecule has 7 heteroatoms. The molecule has 0 unspecified atom stereocenters. The van der Waals surface area contributed by atoms with E-state index in [1.807, 2.05) is 6.20 Å². The minimum atomic E-state index is -1.09. The van der Waals surface area contributed by atoms with E-state index in [1.54, 1.807) is 16.9 Å². The number of hydrogen-bond acceptors (Lipinski definition) is 4. The van der Waals surface area contributed by atoms with Gasteiger partial charge in [-0.25, -0.2) is 9.07 Å². The van der Waals surface area contributed by atoms with Gasteiger partial charge in [-0.3, -0.25) is 0 Å². The first kappa shape index (κ1) is 17.5. The maximum Gasteiger partial charge on any atom is 0.150 e. The molecular formula is C16H24FN3O2Si. The molecule has 2 N–H and O–H groups in total. The van der Waals surface area contributed by atoms with E-state index in [0.29, 0.717) is 18.0 Å². The third kappa shape index (κ3) is 4.80. The number of halogens is 1. The highest BCUT2D eigenvalue weighted by Crippen LogP contribution is 2.31. The summed E-state index contributed by atoms with van der Waals surface area (Å²) in [6.07, 6.45) is 3.49. The summed E-state index contributed by atoms with van der Waals surface area (Å²) in [6.45, 7) is 8.05. The van der Waals surface area contributed by atoms with Crippen LogP contribution in [0.4, 0.5) is 10.1 Å². The Labute approximate surface area is 137 Å². The molecule has 0 radical (unpaired) electrons. The Kier molecular flexibility index (Phi) is 5.43. The van der Waals surface area contributed by atoms with Crippen molar-refractivity contribution < 1.29 is 13.9 Å². The number of benzene rings is 1. The molecule has 0 amide bonds. The number of aromatic nitrogens is 2. The molecule has 0 aliphatic carbocycles. The first-order valence-electron chi connectivity index (χ1n) is 7.54. The fraction of sp³-hybridized carbons (Fsp3) is 0.438. The van der Waals surface area contributed by atoms with Crippen LogP contribution in [0.3, 0.4) is 0 Å². The van der Waals surface area contributed by atoms with Crippen molar-refractivity contribution in [2.24, 2.45) is 0 Å². The summed E-state index contributed by atoms with van der Waals surface area (Å²) in [6, 6.07) is 4.19. The number of anilines is 1. The molecule has 2 rings (SSSR count). The zero-order valence-electron chi connectivity index (χ0n) is 14.1. The second-order valence-corrected chi connectivity index (χ2v) is 12.3. The molecule has 0 spiro atoms. The number of ether oxygens (including phenoxy) is 2. The van der Waals surface area contributed by atoms with E-state index >= 15 is 0 Å². The number of methoxy groups -OCH3 is 1. The molecule has 0 aliphatic rings. The van der Waals surface area contributed by atoms with Gasteiger partial charge in [0.05, 0.1) is 13.3 Å². The van der Waals surface area contributed by atoms with Crippen molar-refractivity contribution in [3.63, 3.8) is 0 Å². The monoisotopic (exact) mass is 337 g/mol. The molecule has 1 aromatic heterocycles. The lowest BCUT2D eigenvalue weighted by Gasteiger charge is -2.15. The molecule has 0 fully saturated rings. The maximum absolute atomic E-state index is 13.8. The van der Waals surface area contributed by atoms with E-state index in [1.165, 1.54) is 13.2 Å². The first-order chi connectivity index (χ1) is 10.8. The highest BCUT2D eigenvalue weighted by atomic mass is 28.3. The van der Waals surface area contributed by atoms with E-state index in [9.17, 15) is 4.39 Å². The Morgan fingerprint density at radius 3 is 2.65 bits per heavy atom. The van der Waals surface area contributed by atoms with E-state index in [-0.39, 0.29) is 5.69 Å². The summed E-state index contributed by atoms with van der Waals surface area (Å²) in [5.74, 6) is -0.183. The molecule has 0 aliphatic heterocycles. The van der Waals surface area contributed by atoms with Crippen LogP contribution in [-0.2, 0) is 11.5 Å². The lowest BCUT2D eigenvalue weighted by molar-refractivity contribution is 0.0786. The largest absolute Gasteiger partial charge is 0.494 e. The fourth-order valence-electron chi connectivity index (χ4n) is 2.05. The second kappa shape index (κ2) is 7.14. The van der Waals surface area contributed by atoms with Crippen LogP contribution in [0.1, 0.15) is 0 Å². The zero-order chi connectivity index (χ0) is 17.0. The van der Waals surface area contributed by atoms with Crippen molar-refractivity contribution >= 4 is 13.8 Å². The van der Waals surface area contributed by atoms with Crippen LogP contribution in [0.5, 0.6) is 5.75 Å². The molecule has 1 aromatic carbocycles. The van der Waals surface area contributed by atoms with Gasteiger partial charge < -0.3 is 15.2 Å². The summed E-state index contributed by atoms with van der Waals surface area (Å²) in [4.78, 5) is 0.